The topological polar surface area (TPSA) is 44.5 Å². The number of hydrogen-bond donors (Lipinski definition) is 1. The molecule has 1 aliphatic heterocycles. The molecule has 4 heteroatoms. The summed E-state index contributed by atoms with van der Waals surface area (Å²) in [6.07, 6.45) is 0.657. The Morgan fingerprint density at radius 3 is 2.94 bits per heavy atom. The molecule has 3 unspecified atom stereocenters. The minimum Gasteiger partial charge on any atom is -0.379 e. The van der Waals surface area contributed by atoms with Crippen LogP contribution in [0.1, 0.15) is 25.0 Å². The van der Waals surface area contributed by atoms with Crippen molar-refractivity contribution in [3.05, 3.63) is 35.6 Å². The highest BCUT2D eigenvalue weighted by Gasteiger charge is 2.24. The third-order valence-electron chi connectivity index (χ3n) is 2.88. The second-order valence-corrected chi connectivity index (χ2v) is 4.46. The van der Waals surface area contributed by atoms with Crippen molar-refractivity contribution >= 4 is 0 Å². The minimum atomic E-state index is -0.280. The Hall–Kier alpha value is -0.970. The van der Waals surface area contributed by atoms with E-state index in [1.165, 1.54) is 12.1 Å². The van der Waals surface area contributed by atoms with E-state index >= 15 is 0 Å². The molecule has 1 saturated heterocycles. The van der Waals surface area contributed by atoms with Crippen molar-refractivity contribution in [2.75, 3.05) is 13.2 Å². The van der Waals surface area contributed by atoms with Crippen molar-refractivity contribution in [3.8, 4) is 0 Å². The standard InChI is InChI=1S/C13H18FNO2/c1-9(15)13(17-12-5-6-16-8-12)10-3-2-4-11(14)7-10/h2-4,7,9,12-13H,5-6,8,15H2,1H3. The average molecular weight is 239 g/mol. The van der Waals surface area contributed by atoms with Gasteiger partial charge < -0.3 is 15.2 Å². The van der Waals surface area contributed by atoms with Gasteiger partial charge in [0, 0.05) is 12.6 Å². The number of rotatable bonds is 4. The summed E-state index contributed by atoms with van der Waals surface area (Å²) in [6, 6.07) is 6.23. The Labute approximate surface area is 101 Å². The molecule has 3 nitrogen and oxygen atoms in total. The van der Waals surface area contributed by atoms with Crippen molar-refractivity contribution in [1.29, 1.82) is 0 Å². The van der Waals surface area contributed by atoms with E-state index in [1.54, 1.807) is 6.07 Å². The van der Waals surface area contributed by atoms with Gasteiger partial charge in [-0.25, -0.2) is 4.39 Å². The van der Waals surface area contributed by atoms with Gasteiger partial charge in [-0.15, -0.1) is 0 Å². The van der Waals surface area contributed by atoms with Crippen LogP contribution in [0.25, 0.3) is 0 Å². The van der Waals surface area contributed by atoms with E-state index in [9.17, 15) is 4.39 Å². The van der Waals surface area contributed by atoms with Gasteiger partial charge in [0.2, 0.25) is 0 Å². The molecule has 3 atom stereocenters. The highest BCUT2D eigenvalue weighted by Crippen LogP contribution is 2.25. The van der Waals surface area contributed by atoms with Gasteiger partial charge in [-0.2, -0.15) is 0 Å². The van der Waals surface area contributed by atoms with E-state index in [0.717, 1.165) is 18.6 Å². The van der Waals surface area contributed by atoms with Crippen molar-refractivity contribution in [1.82, 2.24) is 0 Å². The highest BCUT2D eigenvalue weighted by atomic mass is 19.1. The summed E-state index contributed by atoms with van der Waals surface area (Å²) in [5.41, 5.74) is 6.69. The fraction of sp³-hybridized carbons (Fsp3) is 0.538. The molecule has 0 spiro atoms. The van der Waals surface area contributed by atoms with E-state index in [-0.39, 0.29) is 24.1 Å². The molecular weight excluding hydrogens is 221 g/mol. The molecule has 1 fully saturated rings. The summed E-state index contributed by atoms with van der Waals surface area (Å²) in [7, 11) is 0. The van der Waals surface area contributed by atoms with Gasteiger partial charge in [-0.1, -0.05) is 12.1 Å². The maximum Gasteiger partial charge on any atom is 0.123 e. The summed E-state index contributed by atoms with van der Waals surface area (Å²) < 4.78 is 24.3. The van der Waals surface area contributed by atoms with Crippen molar-refractivity contribution in [2.45, 2.75) is 31.6 Å². The Balaban J connectivity index is 2.10. The fourth-order valence-corrected chi connectivity index (χ4v) is 2.02. The summed E-state index contributed by atoms with van der Waals surface area (Å²) in [5.74, 6) is -0.264. The van der Waals surface area contributed by atoms with E-state index in [4.69, 9.17) is 15.2 Å². The third kappa shape index (κ3) is 3.25. The second-order valence-electron chi connectivity index (χ2n) is 4.46. The van der Waals surface area contributed by atoms with Gasteiger partial charge in [0.05, 0.1) is 18.8 Å². The first-order chi connectivity index (χ1) is 8.16. The lowest BCUT2D eigenvalue weighted by molar-refractivity contribution is -0.0270. The molecule has 2 rings (SSSR count). The lowest BCUT2D eigenvalue weighted by Gasteiger charge is -2.25. The molecule has 0 amide bonds. The van der Waals surface area contributed by atoms with Crippen LogP contribution >= 0.6 is 0 Å². The van der Waals surface area contributed by atoms with Crippen LogP contribution in [-0.4, -0.2) is 25.4 Å². The highest BCUT2D eigenvalue weighted by molar-refractivity contribution is 5.20. The maximum atomic E-state index is 13.2. The zero-order valence-electron chi connectivity index (χ0n) is 9.93. The molecule has 0 radical (unpaired) electrons. The molecule has 0 aromatic heterocycles. The van der Waals surface area contributed by atoms with Crippen LogP contribution in [0.5, 0.6) is 0 Å². The lowest BCUT2D eigenvalue weighted by Crippen LogP contribution is -2.30. The van der Waals surface area contributed by atoms with E-state index in [2.05, 4.69) is 0 Å². The summed E-state index contributed by atoms with van der Waals surface area (Å²) in [5, 5.41) is 0. The average Bonchev–Trinajstić information content (AvgIpc) is 2.78. The molecule has 0 saturated carbocycles. The lowest BCUT2D eigenvalue weighted by atomic mass is 10.0. The Bertz CT molecular complexity index is 364. The predicted octanol–water partition coefficient (Wildman–Crippen LogP) is 2.02. The van der Waals surface area contributed by atoms with Crippen LogP contribution in [0, 0.1) is 5.82 Å². The second kappa shape index (κ2) is 5.58. The summed E-state index contributed by atoms with van der Waals surface area (Å²) >= 11 is 0. The summed E-state index contributed by atoms with van der Waals surface area (Å²) in [4.78, 5) is 0. The quantitative estimate of drug-likeness (QED) is 0.874. The SMILES string of the molecule is CC(N)C(OC1CCOC1)c1cccc(F)c1. The minimum absolute atomic E-state index is 0.0641. The number of benzene rings is 1. The zero-order valence-corrected chi connectivity index (χ0v) is 9.93. The van der Waals surface area contributed by atoms with Crippen LogP contribution in [0.15, 0.2) is 24.3 Å². The Morgan fingerprint density at radius 1 is 1.53 bits per heavy atom. The molecule has 1 aromatic rings. The largest absolute Gasteiger partial charge is 0.379 e. The van der Waals surface area contributed by atoms with Crippen LogP contribution in [0.2, 0.25) is 0 Å². The Morgan fingerprint density at radius 2 is 2.35 bits per heavy atom. The molecule has 0 aliphatic carbocycles. The van der Waals surface area contributed by atoms with Gasteiger partial charge in [-0.3, -0.25) is 0 Å². The van der Waals surface area contributed by atoms with E-state index in [1.807, 2.05) is 13.0 Å². The predicted molar refractivity (Wildman–Crippen MR) is 63.1 cm³/mol. The molecular formula is C13H18FNO2. The maximum absolute atomic E-state index is 13.2. The smallest absolute Gasteiger partial charge is 0.123 e. The zero-order chi connectivity index (χ0) is 12.3. The Kier molecular flexibility index (Phi) is 4.10. The molecule has 94 valence electrons. The monoisotopic (exact) mass is 239 g/mol. The first kappa shape index (κ1) is 12.5. The number of halogens is 1. The van der Waals surface area contributed by atoms with E-state index < -0.39 is 0 Å². The first-order valence-corrected chi connectivity index (χ1v) is 5.91. The number of hydrogen-bond acceptors (Lipinski definition) is 3. The molecule has 17 heavy (non-hydrogen) atoms. The first-order valence-electron chi connectivity index (χ1n) is 5.91. The molecule has 0 bridgehead atoms. The van der Waals surface area contributed by atoms with Crippen LogP contribution in [-0.2, 0) is 9.47 Å². The van der Waals surface area contributed by atoms with Gasteiger partial charge >= 0.3 is 0 Å². The van der Waals surface area contributed by atoms with Crippen molar-refractivity contribution in [2.24, 2.45) is 5.73 Å². The van der Waals surface area contributed by atoms with Crippen LogP contribution in [0.3, 0.4) is 0 Å². The fourth-order valence-electron chi connectivity index (χ4n) is 2.02. The third-order valence-corrected chi connectivity index (χ3v) is 2.88. The van der Waals surface area contributed by atoms with Gasteiger partial charge in [0.25, 0.3) is 0 Å². The van der Waals surface area contributed by atoms with Crippen molar-refractivity contribution < 1.29 is 13.9 Å². The van der Waals surface area contributed by atoms with Gasteiger partial charge in [0.1, 0.15) is 5.82 Å². The molecule has 1 aliphatic rings. The van der Waals surface area contributed by atoms with E-state index in [0.29, 0.717) is 6.61 Å². The number of nitrogens with two attached hydrogens (primary N) is 1. The number of ether oxygens (including phenoxy) is 2. The normalized spacial score (nSPS) is 23.6. The van der Waals surface area contributed by atoms with Crippen LogP contribution < -0.4 is 5.73 Å². The van der Waals surface area contributed by atoms with Crippen LogP contribution in [0.4, 0.5) is 4.39 Å². The molecule has 1 aromatic carbocycles. The van der Waals surface area contributed by atoms with Gasteiger partial charge in [-0.05, 0) is 31.0 Å². The summed E-state index contributed by atoms with van der Waals surface area (Å²) in [6.45, 7) is 3.18. The molecule has 2 N–H and O–H groups in total. The molecule has 1 heterocycles. The van der Waals surface area contributed by atoms with Crippen molar-refractivity contribution in [3.63, 3.8) is 0 Å². The van der Waals surface area contributed by atoms with Gasteiger partial charge in [0.15, 0.2) is 0 Å².